The lowest BCUT2D eigenvalue weighted by Gasteiger charge is -2.11. The summed E-state index contributed by atoms with van der Waals surface area (Å²) in [6.45, 7) is 0. The van der Waals surface area contributed by atoms with Crippen LogP contribution < -0.4 is 5.32 Å². The molecule has 1 aromatic rings. The standard InChI is InChI=1S/C9H10N4O5/c1-11(2)9(14)10-6-3-7(12(15)16)5-8(4-6)13(17)18/h3-5H,1-2H3,(H,10,14). The van der Waals surface area contributed by atoms with Crippen molar-refractivity contribution < 1.29 is 14.6 Å². The van der Waals surface area contributed by atoms with Crippen LogP contribution in [0, 0.1) is 20.2 Å². The number of carbonyl (C=O) groups is 1. The van der Waals surface area contributed by atoms with Crippen molar-refractivity contribution in [3.8, 4) is 0 Å². The van der Waals surface area contributed by atoms with Crippen molar-refractivity contribution in [2.24, 2.45) is 0 Å². The SMILES string of the molecule is CN(C)C(=O)Nc1cc([N+](=O)[O-])cc([N+](=O)[O-])c1. The van der Waals surface area contributed by atoms with Gasteiger partial charge in [0.05, 0.1) is 21.6 Å². The first-order valence-electron chi connectivity index (χ1n) is 4.73. The Balaban J connectivity index is 3.15. The molecule has 1 N–H and O–H groups in total. The van der Waals surface area contributed by atoms with Gasteiger partial charge in [-0.3, -0.25) is 20.2 Å². The summed E-state index contributed by atoms with van der Waals surface area (Å²) in [6.07, 6.45) is 0. The highest BCUT2D eigenvalue weighted by Crippen LogP contribution is 2.25. The first kappa shape index (κ1) is 13.4. The summed E-state index contributed by atoms with van der Waals surface area (Å²) in [4.78, 5) is 32.2. The zero-order valence-electron chi connectivity index (χ0n) is 9.61. The Bertz CT molecular complexity index is 481. The van der Waals surface area contributed by atoms with Crippen molar-refractivity contribution >= 4 is 23.1 Å². The molecular formula is C9H10N4O5. The van der Waals surface area contributed by atoms with Crippen LogP contribution in [-0.2, 0) is 0 Å². The smallest absolute Gasteiger partial charge is 0.321 e. The highest BCUT2D eigenvalue weighted by atomic mass is 16.6. The summed E-state index contributed by atoms with van der Waals surface area (Å²) in [7, 11) is 2.95. The molecule has 0 saturated carbocycles. The first-order chi connectivity index (χ1) is 8.31. The number of nitro benzene ring substituents is 2. The Morgan fingerprint density at radius 1 is 1.11 bits per heavy atom. The van der Waals surface area contributed by atoms with Crippen LogP contribution in [0.4, 0.5) is 21.9 Å². The Morgan fingerprint density at radius 3 is 1.89 bits per heavy atom. The summed E-state index contributed by atoms with van der Waals surface area (Å²) >= 11 is 0. The number of urea groups is 1. The number of hydrogen-bond acceptors (Lipinski definition) is 5. The van der Waals surface area contributed by atoms with Gasteiger partial charge < -0.3 is 10.2 Å². The highest BCUT2D eigenvalue weighted by Gasteiger charge is 2.17. The fourth-order valence-corrected chi connectivity index (χ4v) is 1.11. The van der Waals surface area contributed by atoms with Crippen LogP contribution in [0.2, 0.25) is 0 Å². The maximum atomic E-state index is 11.3. The van der Waals surface area contributed by atoms with Crippen molar-refractivity contribution in [3.63, 3.8) is 0 Å². The van der Waals surface area contributed by atoms with Crippen LogP contribution in [0.15, 0.2) is 18.2 Å². The zero-order valence-corrected chi connectivity index (χ0v) is 9.61. The van der Waals surface area contributed by atoms with Crippen molar-refractivity contribution in [1.29, 1.82) is 0 Å². The molecule has 0 aliphatic heterocycles. The number of benzene rings is 1. The number of hydrogen-bond donors (Lipinski definition) is 1. The minimum atomic E-state index is -0.766. The second kappa shape index (κ2) is 5.08. The largest absolute Gasteiger partial charge is 0.331 e. The fourth-order valence-electron chi connectivity index (χ4n) is 1.11. The van der Waals surface area contributed by atoms with Gasteiger partial charge in [-0.15, -0.1) is 0 Å². The van der Waals surface area contributed by atoms with Gasteiger partial charge >= 0.3 is 6.03 Å². The lowest BCUT2D eigenvalue weighted by Crippen LogP contribution is -2.27. The van der Waals surface area contributed by atoms with Gasteiger partial charge in [0.2, 0.25) is 0 Å². The molecule has 0 atom stereocenters. The van der Waals surface area contributed by atoms with E-state index < -0.39 is 27.3 Å². The van der Waals surface area contributed by atoms with E-state index in [0.29, 0.717) is 0 Å². The molecule has 18 heavy (non-hydrogen) atoms. The highest BCUT2D eigenvalue weighted by molar-refractivity contribution is 5.89. The summed E-state index contributed by atoms with van der Waals surface area (Å²) in [6, 6.07) is 2.39. The fraction of sp³-hybridized carbons (Fsp3) is 0.222. The van der Waals surface area contributed by atoms with Gasteiger partial charge in [-0.1, -0.05) is 0 Å². The average Bonchev–Trinajstić information content (AvgIpc) is 2.28. The lowest BCUT2D eigenvalue weighted by molar-refractivity contribution is -0.394. The molecule has 0 radical (unpaired) electrons. The van der Waals surface area contributed by atoms with Crippen molar-refractivity contribution in [1.82, 2.24) is 4.90 Å². The second-order valence-corrected chi connectivity index (χ2v) is 3.58. The summed E-state index contributed by atoms with van der Waals surface area (Å²) in [5.41, 5.74) is -0.925. The van der Waals surface area contributed by atoms with E-state index in [2.05, 4.69) is 5.32 Å². The van der Waals surface area contributed by atoms with E-state index in [1.165, 1.54) is 19.0 Å². The summed E-state index contributed by atoms with van der Waals surface area (Å²) in [5.74, 6) is 0. The third-order valence-corrected chi connectivity index (χ3v) is 1.98. The Hall–Kier alpha value is -2.71. The van der Waals surface area contributed by atoms with Crippen LogP contribution in [0.3, 0.4) is 0 Å². The van der Waals surface area contributed by atoms with Gasteiger partial charge in [-0.05, 0) is 0 Å². The third-order valence-electron chi connectivity index (χ3n) is 1.98. The van der Waals surface area contributed by atoms with Gasteiger partial charge in [0, 0.05) is 26.2 Å². The van der Waals surface area contributed by atoms with Crippen LogP contribution in [0.5, 0.6) is 0 Å². The van der Waals surface area contributed by atoms with E-state index in [9.17, 15) is 25.0 Å². The maximum absolute atomic E-state index is 11.3. The van der Waals surface area contributed by atoms with Gasteiger partial charge in [-0.2, -0.15) is 0 Å². The predicted molar refractivity (Wildman–Crippen MR) is 62.5 cm³/mol. The number of nitrogens with zero attached hydrogens (tertiary/aromatic N) is 3. The van der Waals surface area contributed by atoms with E-state index in [4.69, 9.17) is 0 Å². The molecule has 0 unspecified atom stereocenters. The summed E-state index contributed by atoms with van der Waals surface area (Å²) in [5, 5.41) is 23.5. The molecule has 0 aromatic heterocycles. The van der Waals surface area contributed by atoms with Gasteiger partial charge in [0.25, 0.3) is 11.4 Å². The molecule has 2 amide bonds. The topological polar surface area (TPSA) is 119 Å². The van der Waals surface area contributed by atoms with Crippen LogP contribution >= 0.6 is 0 Å². The number of carbonyl (C=O) groups excluding carboxylic acids is 1. The maximum Gasteiger partial charge on any atom is 0.321 e. The molecular weight excluding hydrogens is 244 g/mol. The number of nitro groups is 2. The molecule has 0 heterocycles. The minimum Gasteiger partial charge on any atom is -0.331 e. The molecule has 0 saturated heterocycles. The summed E-state index contributed by atoms with van der Waals surface area (Å²) < 4.78 is 0. The van der Waals surface area contributed by atoms with E-state index in [-0.39, 0.29) is 5.69 Å². The molecule has 0 fully saturated rings. The Kier molecular flexibility index (Phi) is 3.77. The molecule has 9 heteroatoms. The molecule has 96 valence electrons. The molecule has 0 aliphatic carbocycles. The van der Waals surface area contributed by atoms with E-state index in [0.717, 1.165) is 18.2 Å². The van der Waals surface area contributed by atoms with Crippen molar-refractivity contribution in [2.45, 2.75) is 0 Å². The van der Waals surface area contributed by atoms with Crippen LogP contribution in [0.25, 0.3) is 0 Å². The normalized spacial score (nSPS) is 9.67. The second-order valence-electron chi connectivity index (χ2n) is 3.58. The Labute approximate surface area is 101 Å². The predicted octanol–water partition coefficient (Wildman–Crippen LogP) is 1.60. The van der Waals surface area contributed by atoms with Gasteiger partial charge in [0.15, 0.2) is 0 Å². The first-order valence-corrected chi connectivity index (χ1v) is 4.73. The zero-order chi connectivity index (χ0) is 13.9. The van der Waals surface area contributed by atoms with Crippen LogP contribution in [0.1, 0.15) is 0 Å². The van der Waals surface area contributed by atoms with E-state index in [1.807, 2.05) is 0 Å². The number of rotatable bonds is 3. The van der Waals surface area contributed by atoms with E-state index in [1.54, 1.807) is 0 Å². The number of non-ortho nitro benzene ring substituents is 2. The quantitative estimate of drug-likeness (QED) is 0.648. The third kappa shape index (κ3) is 3.14. The molecule has 1 rings (SSSR count). The number of anilines is 1. The van der Waals surface area contributed by atoms with Crippen LogP contribution in [-0.4, -0.2) is 34.9 Å². The average molecular weight is 254 g/mol. The molecule has 0 aliphatic rings. The Morgan fingerprint density at radius 2 is 1.56 bits per heavy atom. The van der Waals surface area contributed by atoms with Crippen molar-refractivity contribution in [3.05, 3.63) is 38.4 Å². The molecule has 0 bridgehead atoms. The number of amides is 2. The monoisotopic (exact) mass is 254 g/mol. The molecule has 1 aromatic carbocycles. The van der Waals surface area contributed by atoms with Gasteiger partial charge in [-0.25, -0.2) is 4.79 Å². The molecule has 9 nitrogen and oxygen atoms in total. The minimum absolute atomic E-state index is 0.00500. The number of nitrogens with one attached hydrogen (secondary N) is 1. The van der Waals surface area contributed by atoms with E-state index >= 15 is 0 Å². The van der Waals surface area contributed by atoms with Gasteiger partial charge in [0.1, 0.15) is 0 Å². The lowest BCUT2D eigenvalue weighted by atomic mass is 10.2. The van der Waals surface area contributed by atoms with Crippen molar-refractivity contribution in [2.75, 3.05) is 19.4 Å². The molecule has 0 spiro atoms.